The molecule has 0 radical (unpaired) electrons. The van der Waals surface area contributed by atoms with Gasteiger partial charge in [0.2, 0.25) is 0 Å². The van der Waals surface area contributed by atoms with E-state index in [2.05, 4.69) is 33.8 Å². The molecule has 2 aromatic rings. The summed E-state index contributed by atoms with van der Waals surface area (Å²) in [6.45, 7) is 9.01. The molecule has 0 saturated heterocycles. The third-order valence-corrected chi connectivity index (χ3v) is 9.21. The largest absolute Gasteiger partial charge is 0.507 e. The van der Waals surface area contributed by atoms with E-state index in [9.17, 15) is 19.8 Å². The topological polar surface area (TPSA) is 83.8 Å². The van der Waals surface area contributed by atoms with Crippen LogP contribution in [-0.4, -0.2) is 28.9 Å². The van der Waals surface area contributed by atoms with Crippen molar-refractivity contribution >= 4 is 12.6 Å². The molecule has 1 aliphatic heterocycles. The summed E-state index contributed by atoms with van der Waals surface area (Å²) in [7, 11) is 0. The second kappa shape index (κ2) is 8.25. The molecule has 184 valence electrons. The van der Waals surface area contributed by atoms with Gasteiger partial charge >= 0.3 is 0 Å². The van der Waals surface area contributed by atoms with E-state index in [4.69, 9.17) is 4.74 Å². The number of hydrogen-bond acceptors (Lipinski definition) is 5. The first-order valence-corrected chi connectivity index (χ1v) is 12.6. The monoisotopic (exact) mass is 474 g/mol. The van der Waals surface area contributed by atoms with Crippen LogP contribution in [0.1, 0.15) is 91.1 Å². The fraction of sp³-hybridized carbons (Fsp3) is 0.467. The number of allylic oxidation sites excluding steroid dienone is 2. The molecule has 1 fully saturated rings. The van der Waals surface area contributed by atoms with E-state index in [-0.39, 0.29) is 46.0 Å². The highest BCUT2D eigenvalue weighted by molar-refractivity contribution is 5.95. The Morgan fingerprint density at radius 1 is 1.00 bits per heavy atom. The zero-order chi connectivity index (χ0) is 25.1. The Morgan fingerprint density at radius 2 is 1.69 bits per heavy atom. The molecule has 1 saturated carbocycles. The van der Waals surface area contributed by atoms with Gasteiger partial charge in [0.25, 0.3) is 0 Å². The molecule has 0 amide bonds. The highest BCUT2D eigenvalue weighted by atomic mass is 16.5. The van der Waals surface area contributed by atoms with Crippen LogP contribution in [-0.2, 0) is 0 Å². The number of hydrogen-bond donors (Lipinski definition) is 2. The number of phenols is 2. The van der Waals surface area contributed by atoms with Gasteiger partial charge in [0, 0.05) is 22.8 Å². The quantitative estimate of drug-likeness (QED) is 0.396. The van der Waals surface area contributed by atoms with Crippen LogP contribution in [0.3, 0.4) is 0 Å². The Labute approximate surface area is 206 Å². The van der Waals surface area contributed by atoms with Gasteiger partial charge in [0.1, 0.15) is 23.4 Å². The number of carbonyl (C=O) groups excluding carboxylic acids is 2. The molecular formula is C30H34O5. The lowest BCUT2D eigenvalue weighted by molar-refractivity contribution is -0.00817. The van der Waals surface area contributed by atoms with Crippen LogP contribution in [0.5, 0.6) is 17.2 Å². The fourth-order valence-electron chi connectivity index (χ4n) is 7.15. The Balaban J connectivity index is 1.82. The van der Waals surface area contributed by atoms with E-state index in [0.717, 1.165) is 31.2 Å². The van der Waals surface area contributed by atoms with Crippen molar-refractivity contribution in [1.82, 2.24) is 0 Å². The van der Waals surface area contributed by atoms with E-state index in [1.807, 2.05) is 30.3 Å². The summed E-state index contributed by atoms with van der Waals surface area (Å²) in [5.41, 5.74) is 2.14. The summed E-state index contributed by atoms with van der Waals surface area (Å²) >= 11 is 0. The number of ether oxygens (including phenoxy) is 1. The van der Waals surface area contributed by atoms with Gasteiger partial charge < -0.3 is 14.9 Å². The van der Waals surface area contributed by atoms with Gasteiger partial charge in [-0.25, -0.2) is 0 Å². The van der Waals surface area contributed by atoms with Crippen molar-refractivity contribution in [2.24, 2.45) is 22.7 Å². The van der Waals surface area contributed by atoms with Gasteiger partial charge in [-0.3, -0.25) is 9.59 Å². The van der Waals surface area contributed by atoms with Gasteiger partial charge in [0.15, 0.2) is 12.6 Å². The first-order chi connectivity index (χ1) is 16.7. The van der Waals surface area contributed by atoms with E-state index in [1.54, 1.807) is 0 Å². The van der Waals surface area contributed by atoms with Gasteiger partial charge in [0.05, 0.1) is 11.1 Å². The van der Waals surface area contributed by atoms with Crippen LogP contribution in [0, 0.1) is 22.7 Å². The molecule has 0 aromatic heterocycles. The molecule has 35 heavy (non-hydrogen) atoms. The van der Waals surface area contributed by atoms with Crippen LogP contribution in [0.4, 0.5) is 0 Å². The Kier molecular flexibility index (Phi) is 5.58. The first kappa shape index (κ1) is 23.7. The summed E-state index contributed by atoms with van der Waals surface area (Å²) < 4.78 is 6.73. The second-order valence-corrected chi connectivity index (χ2v) is 11.5. The number of aldehydes is 2. The molecule has 2 N–H and O–H groups in total. The zero-order valence-electron chi connectivity index (χ0n) is 20.9. The lowest BCUT2D eigenvalue weighted by Crippen LogP contribution is -2.48. The zero-order valence-corrected chi connectivity index (χ0v) is 20.9. The van der Waals surface area contributed by atoms with E-state index in [0.29, 0.717) is 24.1 Å². The maximum atomic E-state index is 12.2. The molecular weight excluding hydrogens is 440 g/mol. The van der Waals surface area contributed by atoms with E-state index in [1.165, 1.54) is 5.57 Å². The molecule has 2 aliphatic carbocycles. The number of fused-ring (bicyclic) bond motifs is 4. The summed E-state index contributed by atoms with van der Waals surface area (Å²) in [4.78, 5) is 24.1. The average molecular weight is 475 g/mol. The molecule has 0 bridgehead atoms. The highest BCUT2D eigenvalue weighted by Gasteiger charge is 2.67. The first-order valence-electron chi connectivity index (χ1n) is 12.6. The van der Waals surface area contributed by atoms with E-state index < -0.39 is 11.2 Å². The van der Waals surface area contributed by atoms with Crippen molar-refractivity contribution in [2.75, 3.05) is 0 Å². The molecule has 5 rings (SSSR count). The maximum absolute atomic E-state index is 12.2. The van der Waals surface area contributed by atoms with Crippen LogP contribution in [0.25, 0.3) is 0 Å². The Morgan fingerprint density at radius 3 is 2.34 bits per heavy atom. The van der Waals surface area contributed by atoms with Gasteiger partial charge in [-0.05, 0) is 49.5 Å². The molecule has 0 unspecified atom stereocenters. The Hall–Kier alpha value is -3.08. The molecule has 2 aromatic carbocycles. The number of aromatic hydroxyl groups is 2. The summed E-state index contributed by atoms with van der Waals surface area (Å²) in [5, 5.41) is 22.0. The van der Waals surface area contributed by atoms with Crippen molar-refractivity contribution in [1.29, 1.82) is 0 Å². The highest BCUT2D eigenvalue weighted by Crippen LogP contribution is 2.70. The predicted octanol–water partition coefficient (Wildman–Crippen LogP) is 6.41. The van der Waals surface area contributed by atoms with E-state index >= 15 is 0 Å². The maximum Gasteiger partial charge on any atom is 0.157 e. The average Bonchev–Trinajstić information content (AvgIpc) is 3.38. The third kappa shape index (κ3) is 3.42. The van der Waals surface area contributed by atoms with Crippen LogP contribution >= 0.6 is 0 Å². The minimum absolute atomic E-state index is 0.0641. The minimum atomic E-state index is -0.522. The molecule has 5 atom stereocenters. The number of carbonyl (C=O) groups is 2. The number of phenolic OH excluding ortho intramolecular Hbond substituents is 2. The lowest BCUT2D eigenvalue weighted by Gasteiger charge is -2.50. The third-order valence-electron chi connectivity index (χ3n) is 9.21. The van der Waals surface area contributed by atoms with Crippen LogP contribution < -0.4 is 4.74 Å². The SMILES string of the molecule is C/C1=C/CC[C@]2(C)[C@@H](c3ccccc3)c3c(O)c(C=O)c(O)c(C=O)c3O[C@H]2[C@H]2[C@H](CC1)C2(C)C. The summed E-state index contributed by atoms with van der Waals surface area (Å²) in [6.07, 6.45) is 6.89. The second-order valence-electron chi connectivity index (χ2n) is 11.5. The van der Waals surface area contributed by atoms with Crippen molar-refractivity contribution < 1.29 is 24.5 Å². The normalized spacial score (nSPS) is 32.5. The molecule has 1 heterocycles. The fourth-order valence-corrected chi connectivity index (χ4v) is 7.15. The number of rotatable bonds is 3. The van der Waals surface area contributed by atoms with Gasteiger partial charge in [-0.15, -0.1) is 0 Å². The van der Waals surface area contributed by atoms with Gasteiger partial charge in [-0.2, -0.15) is 0 Å². The van der Waals surface area contributed by atoms with Crippen molar-refractivity contribution in [3.63, 3.8) is 0 Å². The molecule has 5 nitrogen and oxygen atoms in total. The molecule has 5 heteroatoms. The van der Waals surface area contributed by atoms with Crippen molar-refractivity contribution in [3.05, 3.63) is 64.2 Å². The molecule has 3 aliphatic rings. The van der Waals surface area contributed by atoms with Crippen LogP contribution in [0.15, 0.2) is 42.0 Å². The Bertz CT molecular complexity index is 1210. The predicted molar refractivity (Wildman–Crippen MR) is 134 cm³/mol. The van der Waals surface area contributed by atoms with Crippen LogP contribution in [0.2, 0.25) is 0 Å². The lowest BCUT2D eigenvalue weighted by atomic mass is 9.60. The number of benzene rings is 2. The van der Waals surface area contributed by atoms with Crippen molar-refractivity contribution in [3.8, 4) is 17.2 Å². The van der Waals surface area contributed by atoms with Crippen molar-refractivity contribution in [2.45, 2.75) is 65.4 Å². The summed E-state index contributed by atoms with van der Waals surface area (Å²) in [6, 6.07) is 9.95. The minimum Gasteiger partial charge on any atom is -0.507 e. The van der Waals surface area contributed by atoms with Gasteiger partial charge in [-0.1, -0.05) is 62.8 Å². The smallest absolute Gasteiger partial charge is 0.157 e. The summed E-state index contributed by atoms with van der Waals surface area (Å²) in [5.74, 6) is -0.189. The standard InChI is InChI=1S/C30H34O5/c1-17-9-8-14-30(4)23(18-10-6-5-7-11-18)22-26(34)19(15-31)25(33)20(16-32)27(22)35-28(30)24-21(13-12-17)29(24,2)3/h5-7,9-11,15-16,21,23-24,28,33-34H,8,12-14H2,1-4H3/b17-9-/t21-,23-,24+,28-,30+/m0/s1. The molecule has 0 spiro atoms.